The molecule has 0 bridgehead atoms. The molecule has 1 atom stereocenters. The molecule has 0 spiro atoms. The molecule has 8 heteroatoms. The highest BCUT2D eigenvalue weighted by Crippen LogP contribution is 2.26. The largest absolute Gasteiger partial charge is 0.347 e. The number of halogens is 1. The van der Waals surface area contributed by atoms with Crippen molar-refractivity contribution in [2.75, 3.05) is 0 Å². The highest BCUT2D eigenvalue weighted by molar-refractivity contribution is 7.16. The van der Waals surface area contributed by atoms with Crippen molar-refractivity contribution in [1.29, 1.82) is 0 Å². The van der Waals surface area contributed by atoms with Gasteiger partial charge in [0.1, 0.15) is 6.54 Å². The Morgan fingerprint density at radius 2 is 2.15 bits per heavy atom. The number of rotatable bonds is 4. The first-order chi connectivity index (χ1) is 9.45. The second-order valence-corrected chi connectivity index (χ2v) is 5.91. The third kappa shape index (κ3) is 3.58. The van der Waals surface area contributed by atoms with Crippen LogP contribution in [0.5, 0.6) is 0 Å². The van der Waals surface area contributed by atoms with Gasteiger partial charge in [0.2, 0.25) is 5.91 Å². The molecule has 2 aromatic rings. The van der Waals surface area contributed by atoms with Gasteiger partial charge >= 0.3 is 0 Å². The summed E-state index contributed by atoms with van der Waals surface area (Å²) < 4.78 is 1.61. The Balaban J connectivity index is 2.04. The lowest BCUT2D eigenvalue weighted by Crippen LogP contribution is -2.36. The highest BCUT2D eigenvalue weighted by Gasteiger charge is 2.12. The van der Waals surface area contributed by atoms with Gasteiger partial charge in [0.05, 0.1) is 10.4 Å². The summed E-state index contributed by atoms with van der Waals surface area (Å²) in [4.78, 5) is 35.3. The van der Waals surface area contributed by atoms with Crippen molar-refractivity contribution in [2.45, 2.75) is 19.5 Å². The fourth-order valence-corrected chi connectivity index (χ4v) is 2.71. The summed E-state index contributed by atoms with van der Waals surface area (Å²) in [6.45, 7) is 1.58. The topological polar surface area (TPSA) is 84.0 Å². The maximum atomic E-state index is 11.8. The van der Waals surface area contributed by atoms with Gasteiger partial charge in [-0.3, -0.25) is 19.5 Å². The Hall–Kier alpha value is -1.86. The van der Waals surface area contributed by atoms with Gasteiger partial charge in [0.15, 0.2) is 0 Å². The van der Waals surface area contributed by atoms with Crippen molar-refractivity contribution in [2.24, 2.45) is 0 Å². The molecule has 0 fully saturated rings. The molecular formula is C12H12ClN3O3S. The monoisotopic (exact) mass is 313 g/mol. The zero-order chi connectivity index (χ0) is 14.7. The van der Waals surface area contributed by atoms with Crippen LogP contribution in [0.15, 0.2) is 33.9 Å². The van der Waals surface area contributed by atoms with E-state index in [4.69, 9.17) is 11.6 Å². The van der Waals surface area contributed by atoms with E-state index >= 15 is 0 Å². The highest BCUT2D eigenvalue weighted by atomic mass is 35.5. The Labute approximate surface area is 123 Å². The summed E-state index contributed by atoms with van der Waals surface area (Å²) in [5.74, 6) is -0.369. The number of amides is 1. The zero-order valence-corrected chi connectivity index (χ0v) is 12.1. The number of nitrogens with one attached hydrogen (secondary N) is 2. The molecule has 0 radical (unpaired) electrons. The van der Waals surface area contributed by atoms with Gasteiger partial charge in [0, 0.05) is 17.0 Å². The molecule has 0 saturated carbocycles. The molecule has 2 N–H and O–H groups in total. The maximum Gasteiger partial charge on any atom is 0.265 e. The molecule has 20 heavy (non-hydrogen) atoms. The van der Waals surface area contributed by atoms with Gasteiger partial charge in [-0.05, 0) is 19.1 Å². The van der Waals surface area contributed by atoms with Crippen LogP contribution in [-0.4, -0.2) is 15.7 Å². The minimum Gasteiger partial charge on any atom is -0.347 e. The quantitative estimate of drug-likeness (QED) is 0.887. The van der Waals surface area contributed by atoms with E-state index in [0.29, 0.717) is 4.34 Å². The second kappa shape index (κ2) is 6.06. The first kappa shape index (κ1) is 14.5. The van der Waals surface area contributed by atoms with E-state index in [1.54, 1.807) is 6.07 Å². The van der Waals surface area contributed by atoms with Crippen LogP contribution in [0.4, 0.5) is 0 Å². The van der Waals surface area contributed by atoms with E-state index < -0.39 is 11.1 Å². The number of hydrogen-bond donors (Lipinski definition) is 2. The molecule has 2 heterocycles. The van der Waals surface area contributed by atoms with Gasteiger partial charge in [-0.25, -0.2) is 4.68 Å². The average molecular weight is 314 g/mol. The van der Waals surface area contributed by atoms with Crippen molar-refractivity contribution in [1.82, 2.24) is 15.1 Å². The Morgan fingerprint density at radius 3 is 2.80 bits per heavy atom. The summed E-state index contributed by atoms with van der Waals surface area (Å²) in [7, 11) is 0. The number of thiophene rings is 1. The minimum absolute atomic E-state index is 0.217. The molecule has 2 aromatic heterocycles. The molecule has 0 aromatic carbocycles. The fraction of sp³-hybridized carbons (Fsp3) is 0.250. The van der Waals surface area contributed by atoms with E-state index in [1.807, 2.05) is 13.0 Å². The number of aromatic amines is 1. The van der Waals surface area contributed by atoms with Crippen LogP contribution >= 0.6 is 22.9 Å². The smallest absolute Gasteiger partial charge is 0.265 e. The predicted molar refractivity (Wildman–Crippen MR) is 77.2 cm³/mol. The summed E-state index contributed by atoms with van der Waals surface area (Å²) >= 11 is 7.20. The van der Waals surface area contributed by atoms with Crippen molar-refractivity contribution < 1.29 is 4.79 Å². The number of nitrogens with zero attached hydrogens (tertiary/aromatic N) is 1. The van der Waals surface area contributed by atoms with E-state index in [-0.39, 0.29) is 18.5 Å². The van der Waals surface area contributed by atoms with Gasteiger partial charge in [-0.2, -0.15) is 0 Å². The lowest BCUT2D eigenvalue weighted by atomic mass is 10.3. The molecule has 0 aliphatic carbocycles. The molecule has 0 aliphatic rings. The molecule has 106 valence electrons. The number of carbonyl (C=O) groups is 1. The third-order valence-corrected chi connectivity index (χ3v) is 4.00. The molecule has 1 unspecified atom stereocenters. The lowest BCUT2D eigenvalue weighted by molar-refractivity contribution is -0.122. The lowest BCUT2D eigenvalue weighted by Gasteiger charge is -2.12. The summed E-state index contributed by atoms with van der Waals surface area (Å²) in [5.41, 5.74) is -0.873. The van der Waals surface area contributed by atoms with Crippen molar-refractivity contribution in [3.05, 3.63) is 54.2 Å². The molecule has 2 rings (SSSR count). The summed E-state index contributed by atoms with van der Waals surface area (Å²) in [6.07, 6.45) is 0. The first-order valence-corrected chi connectivity index (χ1v) is 7.00. The van der Waals surface area contributed by atoms with Crippen LogP contribution in [0.2, 0.25) is 4.34 Å². The number of aromatic nitrogens is 2. The zero-order valence-electron chi connectivity index (χ0n) is 10.6. The summed E-state index contributed by atoms with van der Waals surface area (Å²) in [6, 6.07) is 5.60. The van der Waals surface area contributed by atoms with E-state index in [0.717, 1.165) is 21.7 Å². The van der Waals surface area contributed by atoms with Crippen molar-refractivity contribution in [3.8, 4) is 0 Å². The van der Waals surface area contributed by atoms with Crippen LogP contribution < -0.4 is 16.4 Å². The van der Waals surface area contributed by atoms with Gasteiger partial charge in [0.25, 0.3) is 11.1 Å². The minimum atomic E-state index is -0.438. The molecule has 0 saturated heterocycles. The predicted octanol–water partition coefficient (Wildman–Crippen LogP) is 1.13. The normalized spacial score (nSPS) is 12.1. The Kier molecular flexibility index (Phi) is 4.41. The molecule has 6 nitrogen and oxygen atoms in total. The van der Waals surface area contributed by atoms with E-state index in [2.05, 4.69) is 10.4 Å². The van der Waals surface area contributed by atoms with Crippen LogP contribution in [0.3, 0.4) is 0 Å². The van der Waals surface area contributed by atoms with Crippen LogP contribution in [0, 0.1) is 0 Å². The Morgan fingerprint density at radius 1 is 1.40 bits per heavy atom. The molecule has 0 aliphatic heterocycles. The van der Waals surface area contributed by atoms with E-state index in [9.17, 15) is 14.4 Å². The van der Waals surface area contributed by atoms with E-state index in [1.165, 1.54) is 11.3 Å². The SMILES string of the molecule is CC(NC(=O)Cn1[nH]c(=O)ccc1=O)c1ccc(Cl)s1. The van der Waals surface area contributed by atoms with Crippen molar-refractivity contribution in [3.63, 3.8) is 0 Å². The van der Waals surface area contributed by atoms with Crippen molar-refractivity contribution >= 4 is 28.8 Å². The van der Waals surface area contributed by atoms with Gasteiger partial charge in [-0.15, -0.1) is 11.3 Å². The fourth-order valence-electron chi connectivity index (χ4n) is 1.64. The molecule has 1 amide bonds. The van der Waals surface area contributed by atoms with Gasteiger partial charge < -0.3 is 5.32 Å². The number of hydrogen-bond acceptors (Lipinski definition) is 4. The van der Waals surface area contributed by atoms with Gasteiger partial charge in [-0.1, -0.05) is 11.6 Å². The maximum absolute atomic E-state index is 11.8. The number of carbonyl (C=O) groups excluding carboxylic acids is 1. The van der Waals surface area contributed by atoms with Crippen LogP contribution in [0.1, 0.15) is 17.8 Å². The van der Waals surface area contributed by atoms with Crippen LogP contribution in [0.25, 0.3) is 0 Å². The standard InChI is InChI=1S/C12H12ClN3O3S/c1-7(8-2-3-9(13)20-8)14-11(18)6-16-12(19)5-4-10(17)15-16/h2-5,7H,6H2,1H3,(H,14,18)(H,15,17). The second-order valence-electron chi connectivity index (χ2n) is 4.16. The molecular weight excluding hydrogens is 302 g/mol. The Bertz CT molecular complexity index is 734. The first-order valence-electron chi connectivity index (χ1n) is 5.80. The summed E-state index contributed by atoms with van der Waals surface area (Å²) in [5, 5.41) is 5.03. The average Bonchev–Trinajstić information content (AvgIpc) is 2.80. The third-order valence-electron chi connectivity index (χ3n) is 2.59. The number of H-pyrrole nitrogens is 1. The van der Waals surface area contributed by atoms with Crippen LogP contribution in [-0.2, 0) is 11.3 Å².